The topological polar surface area (TPSA) is 80.4 Å². The van der Waals surface area contributed by atoms with Crippen LogP contribution in [0.2, 0.25) is 0 Å². The molecule has 0 aromatic heterocycles. The summed E-state index contributed by atoms with van der Waals surface area (Å²) in [7, 11) is -3.88. The van der Waals surface area contributed by atoms with Crippen LogP contribution in [0.1, 0.15) is 5.56 Å². The van der Waals surface area contributed by atoms with Gasteiger partial charge in [0.15, 0.2) is 0 Å². The first-order chi connectivity index (χ1) is 6.38. The summed E-state index contributed by atoms with van der Waals surface area (Å²) in [5.74, 6) is -0.257. The summed E-state index contributed by atoms with van der Waals surface area (Å²) in [4.78, 5) is 0. The molecule has 14 heavy (non-hydrogen) atoms. The van der Waals surface area contributed by atoms with Gasteiger partial charge in [0.05, 0.1) is 5.75 Å². The number of anilines is 1. The van der Waals surface area contributed by atoms with E-state index in [1.165, 1.54) is 0 Å². The van der Waals surface area contributed by atoms with Gasteiger partial charge in [-0.25, -0.2) is 0 Å². The number of hydrogen-bond acceptors (Lipinski definition) is 3. The van der Waals surface area contributed by atoms with E-state index in [4.69, 9.17) is 10.3 Å². The van der Waals surface area contributed by atoms with E-state index in [9.17, 15) is 8.42 Å². The average molecular weight is 327 g/mol. The fraction of sp³-hybridized carbons (Fsp3) is 0.250. The Hall–Kier alpha value is -0.340. The van der Waals surface area contributed by atoms with Crippen molar-refractivity contribution >= 4 is 38.4 Å². The van der Waals surface area contributed by atoms with Crippen molar-refractivity contribution in [2.24, 2.45) is 0 Å². The number of nitrogens with two attached hydrogens (primary N) is 1. The van der Waals surface area contributed by atoms with Crippen molar-refractivity contribution in [2.45, 2.75) is 6.42 Å². The first-order valence-corrected chi connectivity index (χ1v) is 6.56. The van der Waals surface area contributed by atoms with Gasteiger partial charge in [0.25, 0.3) is 10.1 Å². The number of aryl methyl sites for hydroxylation is 1. The lowest BCUT2D eigenvalue weighted by Crippen LogP contribution is -2.06. The van der Waals surface area contributed by atoms with Crippen molar-refractivity contribution in [2.75, 3.05) is 11.5 Å². The van der Waals surface area contributed by atoms with Crippen LogP contribution < -0.4 is 5.73 Å². The Morgan fingerprint density at radius 2 is 2.07 bits per heavy atom. The highest BCUT2D eigenvalue weighted by molar-refractivity contribution is 14.1. The van der Waals surface area contributed by atoms with Crippen molar-refractivity contribution in [3.05, 3.63) is 27.3 Å². The Balaban J connectivity index is 2.74. The molecule has 3 N–H and O–H groups in total. The largest absolute Gasteiger partial charge is 0.398 e. The zero-order valence-corrected chi connectivity index (χ0v) is 10.2. The van der Waals surface area contributed by atoms with Gasteiger partial charge in [0, 0.05) is 9.26 Å². The molecule has 0 fully saturated rings. The molecule has 0 saturated carbocycles. The molecule has 0 saturated heterocycles. The Labute approximate surface area is 96.4 Å². The maximum Gasteiger partial charge on any atom is 0.265 e. The van der Waals surface area contributed by atoms with Crippen LogP contribution >= 0.6 is 22.6 Å². The molecule has 0 radical (unpaired) electrons. The van der Waals surface area contributed by atoms with Gasteiger partial charge in [-0.05, 0) is 46.7 Å². The average Bonchev–Trinajstić information content (AvgIpc) is 2.06. The Kier molecular flexibility index (Phi) is 3.73. The molecule has 0 amide bonds. The molecule has 0 heterocycles. The van der Waals surface area contributed by atoms with Gasteiger partial charge in [-0.15, -0.1) is 0 Å². The second-order valence-electron chi connectivity index (χ2n) is 2.89. The highest BCUT2D eigenvalue weighted by Crippen LogP contribution is 2.16. The number of hydrogen-bond donors (Lipinski definition) is 2. The molecule has 0 aliphatic carbocycles. The summed E-state index contributed by atoms with van der Waals surface area (Å²) >= 11 is 2.07. The van der Waals surface area contributed by atoms with E-state index >= 15 is 0 Å². The van der Waals surface area contributed by atoms with Crippen molar-refractivity contribution in [1.29, 1.82) is 0 Å². The molecule has 1 aromatic rings. The fourth-order valence-corrected chi connectivity index (χ4v) is 2.05. The first-order valence-electron chi connectivity index (χ1n) is 3.87. The third-order valence-corrected chi connectivity index (χ3v) is 3.37. The molecule has 0 spiro atoms. The Morgan fingerprint density at radius 3 is 2.57 bits per heavy atom. The lowest BCUT2D eigenvalue weighted by molar-refractivity contribution is 0.482. The van der Waals surface area contributed by atoms with E-state index in [2.05, 4.69) is 22.6 Å². The second-order valence-corrected chi connectivity index (χ2v) is 5.63. The lowest BCUT2D eigenvalue weighted by Gasteiger charge is -2.02. The van der Waals surface area contributed by atoms with Crippen LogP contribution in [0.5, 0.6) is 0 Å². The molecule has 0 bridgehead atoms. The quantitative estimate of drug-likeness (QED) is 0.498. The third-order valence-electron chi connectivity index (χ3n) is 1.71. The number of benzene rings is 1. The normalized spacial score (nSPS) is 11.6. The number of rotatable bonds is 3. The minimum Gasteiger partial charge on any atom is -0.398 e. The van der Waals surface area contributed by atoms with Gasteiger partial charge in [-0.2, -0.15) is 8.42 Å². The van der Waals surface area contributed by atoms with Crippen molar-refractivity contribution < 1.29 is 13.0 Å². The van der Waals surface area contributed by atoms with Crippen LogP contribution in [0.4, 0.5) is 5.69 Å². The third kappa shape index (κ3) is 3.81. The molecule has 1 rings (SSSR count). The van der Waals surface area contributed by atoms with Gasteiger partial charge >= 0.3 is 0 Å². The number of halogens is 1. The van der Waals surface area contributed by atoms with Crippen LogP contribution in [0, 0.1) is 3.57 Å². The van der Waals surface area contributed by atoms with Gasteiger partial charge in [0.1, 0.15) is 0 Å². The zero-order chi connectivity index (χ0) is 10.8. The van der Waals surface area contributed by atoms with Crippen LogP contribution in [-0.4, -0.2) is 18.7 Å². The first kappa shape index (κ1) is 11.7. The molecule has 6 heteroatoms. The highest BCUT2D eigenvalue weighted by Gasteiger charge is 2.05. The molecular weight excluding hydrogens is 317 g/mol. The number of nitrogen functional groups attached to an aromatic ring is 1. The van der Waals surface area contributed by atoms with E-state index in [0.29, 0.717) is 12.1 Å². The molecule has 0 aliphatic rings. The lowest BCUT2D eigenvalue weighted by atomic mass is 10.1. The maximum atomic E-state index is 10.5. The van der Waals surface area contributed by atoms with Crippen molar-refractivity contribution in [3.63, 3.8) is 0 Å². The maximum absolute atomic E-state index is 10.5. The summed E-state index contributed by atoms with van der Waals surface area (Å²) in [6.45, 7) is 0. The predicted molar refractivity (Wildman–Crippen MR) is 63.7 cm³/mol. The Bertz CT molecular complexity index is 430. The van der Waals surface area contributed by atoms with Gasteiger partial charge < -0.3 is 5.73 Å². The summed E-state index contributed by atoms with van der Waals surface area (Å²) in [5.41, 5.74) is 7.11. The van der Waals surface area contributed by atoms with E-state index in [0.717, 1.165) is 9.13 Å². The van der Waals surface area contributed by atoms with Crippen LogP contribution in [0.3, 0.4) is 0 Å². The van der Waals surface area contributed by atoms with Gasteiger partial charge in [-0.3, -0.25) is 4.55 Å². The smallest absolute Gasteiger partial charge is 0.265 e. The molecular formula is C8H10INO3S. The monoisotopic (exact) mass is 327 g/mol. The van der Waals surface area contributed by atoms with E-state index in [-0.39, 0.29) is 5.75 Å². The van der Waals surface area contributed by atoms with E-state index in [1.807, 2.05) is 0 Å². The van der Waals surface area contributed by atoms with E-state index in [1.54, 1.807) is 18.2 Å². The molecule has 1 aromatic carbocycles. The Morgan fingerprint density at radius 1 is 1.43 bits per heavy atom. The standard InChI is InChI=1S/C8H10INO3S/c9-7-5-6(1-2-8(7)10)3-4-14(11,12)13/h1-2,5H,3-4,10H2,(H,11,12,13). The molecule has 0 atom stereocenters. The summed E-state index contributed by atoms with van der Waals surface area (Å²) in [6, 6.07) is 5.28. The van der Waals surface area contributed by atoms with Crippen LogP contribution in [-0.2, 0) is 16.5 Å². The molecule has 78 valence electrons. The predicted octanol–water partition coefficient (Wildman–Crippen LogP) is 1.30. The highest BCUT2D eigenvalue weighted by atomic mass is 127. The van der Waals surface area contributed by atoms with Crippen molar-refractivity contribution in [1.82, 2.24) is 0 Å². The minimum atomic E-state index is -3.88. The molecule has 0 unspecified atom stereocenters. The van der Waals surface area contributed by atoms with Gasteiger partial charge in [-0.1, -0.05) is 6.07 Å². The molecule has 4 nitrogen and oxygen atoms in total. The summed E-state index contributed by atoms with van der Waals surface area (Å²) < 4.78 is 30.4. The minimum absolute atomic E-state index is 0.257. The second kappa shape index (κ2) is 4.45. The zero-order valence-electron chi connectivity index (χ0n) is 7.27. The van der Waals surface area contributed by atoms with E-state index < -0.39 is 10.1 Å². The summed E-state index contributed by atoms with van der Waals surface area (Å²) in [5, 5.41) is 0. The summed E-state index contributed by atoms with van der Waals surface area (Å²) in [6.07, 6.45) is 0.301. The fourth-order valence-electron chi connectivity index (χ4n) is 0.973. The molecule has 0 aliphatic heterocycles. The SMILES string of the molecule is Nc1ccc(CCS(=O)(=O)O)cc1I. The van der Waals surface area contributed by atoms with Crippen LogP contribution in [0.15, 0.2) is 18.2 Å². The van der Waals surface area contributed by atoms with Crippen molar-refractivity contribution in [3.8, 4) is 0 Å². The van der Waals surface area contributed by atoms with Crippen LogP contribution in [0.25, 0.3) is 0 Å². The van der Waals surface area contributed by atoms with Gasteiger partial charge in [0.2, 0.25) is 0 Å².